The molecule has 2 unspecified atom stereocenters. The molecule has 12 rings (SSSR count). The molecule has 0 fully saturated rings. The molecule has 3 heterocycles. The maximum absolute atomic E-state index is 6.70. The molecule has 56 heavy (non-hydrogen) atoms. The highest BCUT2D eigenvalue weighted by Crippen LogP contribution is 2.44. The Morgan fingerprint density at radius 2 is 1.04 bits per heavy atom. The van der Waals surface area contributed by atoms with E-state index in [4.69, 9.17) is 13.8 Å². The summed E-state index contributed by atoms with van der Waals surface area (Å²) in [5, 5.41) is 19.4. The SMILES string of the molecule is c1ccc(C2N=C(c3ccc4ccc5ccccc5c4c3)NC(c3cc(-c4cc5oc6ccccc6c5c5ccccc45)cc4oc5ccccc5c34)N2)cc1. The molecule has 0 saturated carbocycles. The van der Waals surface area contributed by atoms with Gasteiger partial charge in [-0.15, -0.1) is 0 Å². The minimum Gasteiger partial charge on any atom is -0.456 e. The largest absolute Gasteiger partial charge is 0.456 e. The van der Waals surface area contributed by atoms with E-state index < -0.39 is 0 Å². The van der Waals surface area contributed by atoms with Crippen LogP contribution in [0.4, 0.5) is 0 Å². The van der Waals surface area contributed by atoms with Crippen molar-refractivity contribution in [3.63, 3.8) is 0 Å². The predicted octanol–water partition coefficient (Wildman–Crippen LogP) is 12.9. The van der Waals surface area contributed by atoms with E-state index in [0.717, 1.165) is 88.3 Å². The molecule has 2 N–H and O–H groups in total. The van der Waals surface area contributed by atoms with E-state index >= 15 is 0 Å². The van der Waals surface area contributed by atoms with Gasteiger partial charge in [-0.2, -0.15) is 0 Å². The molecule has 0 amide bonds. The van der Waals surface area contributed by atoms with Gasteiger partial charge in [-0.05, 0) is 85.4 Å². The van der Waals surface area contributed by atoms with Crippen molar-refractivity contribution in [3.8, 4) is 11.1 Å². The van der Waals surface area contributed by atoms with Crippen LogP contribution in [0.1, 0.15) is 29.0 Å². The molecule has 1 aliphatic rings. The molecular weight excluding hydrogens is 687 g/mol. The molecule has 2 aromatic heterocycles. The van der Waals surface area contributed by atoms with Crippen LogP contribution in [0, 0.1) is 0 Å². The van der Waals surface area contributed by atoms with Crippen LogP contribution in [0.2, 0.25) is 0 Å². The monoisotopic (exact) mass is 719 g/mol. The fourth-order valence-electron chi connectivity index (χ4n) is 8.92. The van der Waals surface area contributed by atoms with Crippen LogP contribution in [0.3, 0.4) is 0 Å². The minimum atomic E-state index is -0.319. The lowest BCUT2D eigenvalue weighted by atomic mass is 9.92. The maximum Gasteiger partial charge on any atom is 0.136 e. The minimum absolute atomic E-state index is 0.301. The van der Waals surface area contributed by atoms with Crippen LogP contribution in [-0.4, -0.2) is 5.84 Å². The molecule has 0 spiro atoms. The molecule has 264 valence electrons. The molecule has 5 heteroatoms. The highest BCUT2D eigenvalue weighted by molar-refractivity contribution is 6.22. The van der Waals surface area contributed by atoms with E-state index in [1.165, 1.54) is 21.5 Å². The Morgan fingerprint density at radius 1 is 0.429 bits per heavy atom. The number of para-hydroxylation sites is 2. The van der Waals surface area contributed by atoms with E-state index in [2.05, 4.69) is 168 Å². The summed E-state index contributed by atoms with van der Waals surface area (Å²) in [7, 11) is 0. The van der Waals surface area contributed by atoms with Gasteiger partial charge in [0.1, 0.15) is 40.5 Å². The second-order valence-electron chi connectivity index (χ2n) is 14.7. The number of fused-ring (bicyclic) bond motifs is 11. The summed E-state index contributed by atoms with van der Waals surface area (Å²) in [6.07, 6.45) is -0.620. The number of nitrogens with zero attached hydrogens (tertiary/aromatic N) is 1. The van der Waals surface area contributed by atoms with Crippen LogP contribution < -0.4 is 10.6 Å². The molecular formula is C51H33N3O2. The smallest absolute Gasteiger partial charge is 0.136 e. The van der Waals surface area contributed by atoms with Crippen LogP contribution in [0.15, 0.2) is 190 Å². The number of hydrogen-bond donors (Lipinski definition) is 2. The Kier molecular flexibility index (Phi) is 6.76. The lowest BCUT2D eigenvalue weighted by Crippen LogP contribution is -2.45. The van der Waals surface area contributed by atoms with Crippen molar-refractivity contribution in [2.75, 3.05) is 0 Å². The van der Waals surface area contributed by atoms with Gasteiger partial charge in [0.2, 0.25) is 0 Å². The average Bonchev–Trinajstić information content (AvgIpc) is 3.84. The molecule has 0 radical (unpaired) electrons. The van der Waals surface area contributed by atoms with Gasteiger partial charge in [-0.1, -0.05) is 140 Å². The summed E-state index contributed by atoms with van der Waals surface area (Å²) in [5.41, 5.74) is 8.76. The van der Waals surface area contributed by atoms with Crippen LogP contribution in [0.25, 0.3) is 87.3 Å². The molecule has 0 aliphatic carbocycles. The lowest BCUT2D eigenvalue weighted by Gasteiger charge is -2.33. The highest BCUT2D eigenvalue weighted by atomic mass is 16.3. The van der Waals surface area contributed by atoms with Crippen molar-refractivity contribution < 1.29 is 8.83 Å². The van der Waals surface area contributed by atoms with Gasteiger partial charge in [0.25, 0.3) is 0 Å². The van der Waals surface area contributed by atoms with Crippen molar-refractivity contribution in [2.45, 2.75) is 12.3 Å². The van der Waals surface area contributed by atoms with Gasteiger partial charge in [0.15, 0.2) is 0 Å². The summed E-state index contributed by atoms with van der Waals surface area (Å²) in [6, 6.07) is 62.1. The van der Waals surface area contributed by atoms with Crippen LogP contribution >= 0.6 is 0 Å². The summed E-state index contributed by atoms with van der Waals surface area (Å²) >= 11 is 0. The summed E-state index contributed by atoms with van der Waals surface area (Å²) in [6.45, 7) is 0. The van der Waals surface area contributed by atoms with Gasteiger partial charge in [-0.3, -0.25) is 5.32 Å². The summed E-state index contributed by atoms with van der Waals surface area (Å²) in [5.74, 6) is 0.831. The van der Waals surface area contributed by atoms with E-state index in [1.807, 2.05) is 18.2 Å². The third-order valence-corrected chi connectivity index (χ3v) is 11.5. The molecule has 2 atom stereocenters. The number of amidine groups is 1. The summed E-state index contributed by atoms with van der Waals surface area (Å²) < 4.78 is 13.2. The van der Waals surface area contributed by atoms with Gasteiger partial charge < -0.3 is 14.2 Å². The molecule has 1 aliphatic heterocycles. The lowest BCUT2D eigenvalue weighted by molar-refractivity contribution is 0.411. The second kappa shape index (κ2) is 12.2. The van der Waals surface area contributed by atoms with Crippen molar-refractivity contribution in [1.82, 2.24) is 10.6 Å². The topological polar surface area (TPSA) is 62.7 Å². The fourth-order valence-corrected chi connectivity index (χ4v) is 8.92. The van der Waals surface area contributed by atoms with Gasteiger partial charge in [0.05, 0.1) is 0 Å². The number of aliphatic imine (C=N–C) groups is 1. The Balaban J connectivity index is 1.09. The molecule has 5 nitrogen and oxygen atoms in total. The predicted molar refractivity (Wildman–Crippen MR) is 230 cm³/mol. The molecule has 11 aromatic rings. The zero-order chi connectivity index (χ0) is 36.7. The second-order valence-corrected chi connectivity index (χ2v) is 14.7. The van der Waals surface area contributed by atoms with Crippen molar-refractivity contribution in [3.05, 3.63) is 193 Å². The van der Waals surface area contributed by atoms with Gasteiger partial charge >= 0.3 is 0 Å². The van der Waals surface area contributed by atoms with Crippen molar-refractivity contribution >= 4 is 82.0 Å². The first-order chi connectivity index (χ1) is 27.7. The zero-order valence-corrected chi connectivity index (χ0v) is 30.2. The molecule has 9 aromatic carbocycles. The number of hydrogen-bond acceptors (Lipinski definition) is 5. The quantitative estimate of drug-likeness (QED) is 0.178. The molecule has 0 saturated heterocycles. The molecule has 0 bridgehead atoms. The standard InChI is InChI=1S/C51H33N3O2/c1-2-13-32(14-3-1)49-52-50(33-25-24-31-23-22-30-12-4-5-15-35(30)40(31)26-33)54-51(53-49)42-27-34(28-45-48(42)39-19-9-11-21-44(39)55-45)41-29-46-47(37-17-7-6-16-36(37)41)38-18-8-10-20-43(38)56-46/h1-29,49,51,53H,(H,52,54). The number of furan rings is 2. The zero-order valence-electron chi connectivity index (χ0n) is 30.2. The third-order valence-electron chi connectivity index (χ3n) is 11.5. The number of nitrogens with one attached hydrogen (secondary N) is 2. The maximum atomic E-state index is 6.70. The third kappa shape index (κ3) is 4.81. The normalized spacial score (nSPS) is 16.0. The first-order valence-electron chi connectivity index (χ1n) is 19.1. The van der Waals surface area contributed by atoms with Gasteiger partial charge in [-0.25, -0.2) is 4.99 Å². The van der Waals surface area contributed by atoms with E-state index in [-0.39, 0.29) is 12.3 Å². The Morgan fingerprint density at radius 3 is 1.82 bits per heavy atom. The van der Waals surface area contributed by atoms with E-state index in [9.17, 15) is 0 Å². The van der Waals surface area contributed by atoms with Crippen molar-refractivity contribution in [2.24, 2.45) is 4.99 Å². The fraction of sp³-hybridized carbons (Fsp3) is 0.0392. The van der Waals surface area contributed by atoms with E-state index in [0.29, 0.717) is 0 Å². The van der Waals surface area contributed by atoms with E-state index in [1.54, 1.807) is 0 Å². The number of rotatable bonds is 4. The first kappa shape index (κ1) is 31.2. The summed E-state index contributed by atoms with van der Waals surface area (Å²) in [4.78, 5) is 5.35. The Hall–Kier alpha value is -7.21. The Labute approximate surface area is 321 Å². The first-order valence-corrected chi connectivity index (χ1v) is 19.1. The van der Waals surface area contributed by atoms with Gasteiger partial charge in [0, 0.05) is 32.7 Å². The van der Waals surface area contributed by atoms with Crippen molar-refractivity contribution in [1.29, 1.82) is 0 Å². The van der Waals surface area contributed by atoms with Crippen LogP contribution in [0.5, 0.6) is 0 Å². The number of benzene rings is 9. The average molecular weight is 720 g/mol. The highest BCUT2D eigenvalue weighted by Gasteiger charge is 2.29. The van der Waals surface area contributed by atoms with Crippen LogP contribution in [-0.2, 0) is 0 Å². The Bertz CT molecular complexity index is 3390.